The van der Waals surface area contributed by atoms with Gasteiger partial charge in [0.05, 0.1) is 0 Å². The van der Waals surface area contributed by atoms with E-state index < -0.39 is 0 Å². The molecule has 0 spiro atoms. The van der Waals surface area contributed by atoms with E-state index in [0.29, 0.717) is 6.54 Å². The van der Waals surface area contributed by atoms with Crippen molar-refractivity contribution in [2.24, 2.45) is 0 Å². The summed E-state index contributed by atoms with van der Waals surface area (Å²) in [6.07, 6.45) is 2.26. The Morgan fingerprint density at radius 3 is 2.38 bits per heavy atom. The second-order valence-corrected chi connectivity index (χ2v) is 5.65. The van der Waals surface area contributed by atoms with Crippen LogP contribution in [0.1, 0.15) is 50.2 Å². The molecule has 1 aliphatic rings. The van der Waals surface area contributed by atoms with E-state index in [0.717, 1.165) is 12.0 Å². The van der Waals surface area contributed by atoms with Gasteiger partial charge in [-0.1, -0.05) is 51.1 Å². The maximum absolute atomic E-state index is 12.8. The molecular formula is C20H27N3O3. The third kappa shape index (κ3) is 3.90. The largest absolute Gasteiger partial charge is 0.482 e. The number of carbonyl (C=O) groups excluding carboxylic acids is 1. The molecule has 2 aromatic rings. The first-order chi connectivity index (χ1) is 12.7. The Morgan fingerprint density at radius 1 is 1.08 bits per heavy atom. The van der Waals surface area contributed by atoms with Gasteiger partial charge in [-0.25, -0.2) is 0 Å². The van der Waals surface area contributed by atoms with Crippen LogP contribution >= 0.6 is 0 Å². The van der Waals surface area contributed by atoms with E-state index in [4.69, 9.17) is 4.74 Å². The summed E-state index contributed by atoms with van der Waals surface area (Å²) >= 11 is 0. The monoisotopic (exact) mass is 357 g/mol. The van der Waals surface area contributed by atoms with Gasteiger partial charge >= 0.3 is 0 Å². The second-order valence-electron chi connectivity index (χ2n) is 5.65. The fourth-order valence-electron chi connectivity index (χ4n) is 2.88. The smallest absolute Gasteiger partial charge is 0.278 e. The van der Waals surface area contributed by atoms with E-state index in [-0.39, 0.29) is 35.6 Å². The third-order valence-electron chi connectivity index (χ3n) is 4.14. The summed E-state index contributed by atoms with van der Waals surface area (Å²) in [7, 11) is 0. The van der Waals surface area contributed by atoms with E-state index in [2.05, 4.69) is 5.43 Å². The van der Waals surface area contributed by atoms with Crippen LogP contribution in [0.2, 0.25) is 0 Å². The van der Waals surface area contributed by atoms with Gasteiger partial charge in [-0.3, -0.25) is 14.3 Å². The highest BCUT2D eigenvalue weighted by Gasteiger charge is 2.33. The topological polar surface area (TPSA) is 63.6 Å². The number of hydrogen-bond acceptors (Lipinski definition) is 4. The molecule has 0 bridgehead atoms. The number of nitrogens with one attached hydrogen (secondary N) is 1. The molecule has 6 nitrogen and oxygen atoms in total. The van der Waals surface area contributed by atoms with E-state index in [1.807, 2.05) is 58.0 Å². The molecule has 0 fully saturated rings. The normalized spacial score (nSPS) is 15.5. The first-order valence-electron chi connectivity index (χ1n) is 9.15. The predicted molar refractivity (Wildman–Crippen MR) is 103 cm³/mol. The van der Waals surface area contributed by atoms with Gasteiger partial charge in [0.2, 0.25) is 5.43 Å². The summed E-state index contributed by atoms with van der Waals surface area (Å²) in [4.78, 5) is 26.8. The van der Waals surface area contributed by atoms with Crippen LogP contribution in [0.15, 0.2) is 47.4 Å². The molecule has 26 heavy (non-hydrogen) atoms. The summed E-state index contributed by atoms with van der Waals surface area (Å²) in [5.74, 6) is -0.101. The minimum atomic E-state index is -0.293. The number of aromatic nitrogens is 1. The lowest BCUT2D eigenvalue weighted by atomic mass is 10.2. The molecule has 3 rings (SSSR count). The second kappa shape index (κ2) is 9.08. The first-order valence-corrected chi connectivity index (χ1v) is 9.15. The minimum Gasteiger partial charge on any atom is -0.482 e. The Kier molecular flexibility index (Phi) is 6.83. The highest BCUT2D eigenvalue weighted by Crippen LogP contribution is 2.22. The molecule has 1 aromatic heterocycles. The lowest BCUT2D eigenvalue weighted by Crippen LogP contribution is -2.53. The van der Waals surface area contributed by atoms with Gasteiger partial charge in [-0.15, -0.1) is 0 Å². The predicted octanol–water partition coefficient (Wildman–Crippen LogP) is 3.21. The maximum atomic E-state index is 12.8. The number of nitrogens with zero attached hydrogens (tertiary/aromatic N) is 2. The Labute approximate surface area is 154 Å². The first kappa shape index (κ1) is 19.6. The lowest BCUT2D eigenvalue weighted by Gasteiger charge is -2.38. The molecule has 1 aliphatic heterocycles. The molecule has 0 unspecified atom stereocenters. The highest BCUT2D eigenvalue weighted by atomic mass is 16.5. The number of benzene rings is 1. The van der Waals surface area contributed by atoms with Crippen molar-refractivity contribution in [3.8, 4) is 5.75 Å². The molecule has 0 saturated heterocycles. The van der Waals surface area contributed by atoms with Gasteiger partial charge in [0.15, 0.2) is 11.4 Å². The van der Waals surface area contributed by atoms with Crippen molar-refractivity contribution in [3.05, 3.63) is 64.1 Å². The zero-order chi connectivity index (χ0) is 19.1. The number of pyridine rings is 1. The van der Waals surface area contributed by atoms with Crippen molar-refractivity contribution in [2.75, 3.05) is 12.0 Å². The zero-order valence-electron chi connectivity index (χ0n) is 15.9. The zero-order valence-corrected chi connectivity index (χ0v) is 15.9. The van der Waals surface area contributed by atoms with Crippen LogP contribution in [0.5, 0.6) is 5.75 Å². The molecule has 1 amide bonds. The molecule has 0 radical (unpaired) electrons. The third-order valence-corrected chi connectivity index (χ3v) is 4.14. The van der Waals surface area contributed by atoms with Crippen LogP contribution in [0.3, 0.4) is 0 Å². The fraction of sp³-hybridized carbons (Fsp3) is 0.400. The molecule has 0 saturated carbocycles. The summed E-state index contributed by atoms with van der Waals surface area (Å²) in [5, 5.41) is 0. The van der Waals surface area contributed by atoms with Crippen molar-refractivity contribution in [1.29, 1.82) is 0 Å². The summed E-state index contributed by atoms with van der Waals surface area (Å²) in [6.45, 7) is 8.73. The van der Waals surface area contributed by atoms with Crippen LogP contribution in [-0.2, 0) is 6.61 Å². The van der Waals surface area contributed by atoms with Gasteiger partial charge in [0.1, 0.15) is 12.8 Å². The van der Waals surface area contributed by atoms with Crippen molar-refractivity contribution in [3.63, 3.8) is 0 Å². The fourth-order valence-corrected chi connectivity index (χ4v) is 2.88. The van der Waals surface area contributed by atoms with E-state index >= 15 is 0 Å². The highest BCUT2D eigenvalue weighted by molar-refractivity contribution is 5.96. The number of ether oxygens (including phenoxy) is 1. The molecule has 1 aromatic carbocycles. The molecule has 140 valence electrons. The van der Waals surface area contributed by atoms with Crippen molar-refractivity contribution < 1.29 is 9.53 Å². The van der Waals surface area contributed by atoms with Gasteiger partial charge in [0.25, 0.3) is 5.91 Å². The van der Waals surface area contributed by atoms with E-state index in [1.165, 1.54) is 6.07 Å². The van der Waals surface area contributed by atoms with Gasteiger partial charge in [0, 0.05) is 18.8 Å². The van der Waals surface area contributed by atoms with Crippen LogP contribution in [-0.4, -0.2) is 28.2 Å². The van der Waals surface area contributed by atoms with Crippen LogP contribution < -0.4 is 15.6 Å². The van der Waals surface area contributed by atoms with Gasteiger partial charge in [-0.05, 0) is 18.9 Å². The average molecular weight is 357 g/mol. The van der Waals surface area contributed by atoms with Crippen molar-refractivity contribution in [2.45, 2.75) is 46.9 Å². The summed E-state index contributed by atoms with van der Waals surface area (Å²) < 4.78 is 7.33. The number of fused-ring (bicyclic) bond motifs is 1. The summed E-state index contributed by atoms with van der Waals surface area (Å²) in [5.41, 5.74) is 4.15. The van der Waals surface area contributed by atoms with Gasteiger partial charge < -0.3 is 15.1 Å². The van der Waals surface area contributed by atoms with E-state index in [9.17, 15) is 9.59 Å². The number of hydrogen-bond donors (Lipinski definition) is 1. The van der Waals surface area contributed by atoms with E-state index in [1.54, 1.807) is 15.8 Å². The summed E-state index contributed by atoms with van der Waals surface area (Å²) in [6, 6.07) is 11.0. The van der Waals surface area contributed by atoms with Crippen LogP contribution in [0, 0.1) is 0 Å². The minimum absolute atomic E-state index is 0.0897. The number of amides is 1. The standard InChI is InChI=1S/C18H21N3O3.C2H6/c1-3-15-19-21-11-10-14(22)17(16(21)18(23)20(15)4-2)24-12-13-8-6-5-7-9-13;1-2/h5-11,15,19H,3-4,12H2,1-2H3;1-2H3/t15-;/m0./s1. The Bertz CT molecular complexity index is 787. The van der Waals surface area contributed by atoms with Crippen LogP contribution in [0.4, 0.5) is 0 Å². The lowest BCUT2D eigenvalue weighted by molar-refractivity contribution is 0.0639. The van der Waals surface area contributed by atoms with Crippen molar-refractivity contribution in [1.82, 2.24) is 9.58 Å². The van der Waals surface area contributed by atoms with Crippen molar-refractivity contribution >= 4 is 5.91 Å². The average Bonchev–Trinajstić information content (AvgIpc) is 2.69. The Balaban J connectivity index is 0.00000117. The number of rotatable bonds is 5. The molecular weight excluding hydrogens is 330 g/mol. The SMILES string of the molecule is CC.CC[C@H]1Nn2ccc(=O)c(OCc3ccccc3)c2C(=O)N1CC. The Morgan fingerprint density at radius 2 is 1.77 bits per heavy atom. The molecule has 6 heteroatoms. The molecule has 2 heterocycles. The maximum Gasteiger partial charge on any atom is 0.278 e. The van der Waals surface area contributed by atoms with Gasteiger partial charge in [-0.2, -0.15) is 0 Å². The Hall–Kier alpha value is -2.76. The molecule has 1 N–H and O–H groups in total. The van der Waals surface area contributed by atoms with Crippen LogP contribution in [0.25, 0.3) is 0 Å². The molecule has 0 aliphatic carbocycles. The quantitative estimate of drug-likeness (QED) is 0.892. The molecule has 1 atom stereocenters. The number of carbonyl (C=O) groups is 1.